The molecule has 0 spiro atoms. The van der Waals surface area contributed by atoms with Gasteiger partial charge < -0.3 is 19.5 Å². The van der Waals surface area contributed by atoms with E-state index in [0.29, 0.717) is 58.8 Å². The monoisotopic (exact) mass is 580 g/mol. The maximum Gasteiger partial charge on any atom is 0.573 e. The Kier molecular flexibility index (Phi) is 10.1. The molecular weight excluding hydrogens is 548 g/mol. The number of carboxylic acid groups (broad SMARTS) is 1. The maximum absolute atomic E-state index is 15.4. The standard InChI is InChI=1S/C29H32F4N2O4S/c1-38-20-7-9-27-24(17-20)23(10-12-34-27)26(30)8-6-19-11-14-35(18-25(19)28(36)37)13-3-15-40-22-5-2-4-21(16-22)39-29(31,32)33/h2,4-5,7,9-10,12,16-17,19,25-26H,3,6,8,11,13-15,18H2,1H3,(H,36,37)/t19-,25+,26?/m1/s1. The number of hydrogen-bond donors (Lipinski definition) is 1. The molecule has 1 aliphatic rings. The summed E-state index contributed by atoms with van der Waals surface area (Å²) in [5, 5.41) is 10.6. The molecule has 0 amide bonds. The van der Waals surface area contributed by atoms with Crippen LogP contribution in [0.25, 0.3) is 10.9 Å². The van der Waals surface area contributed by atoms with Crippen molar-refractivity contribution in [2.75, 3.05) is 32.5 Å². The second-order valence-electron chi connectivity index (χ2n) is 9.85. The zero-order valence-corrected chi connectivity index (χ0v) is 22.9. The normalized spacial score (nSPS) is 18.9. The zero-order chi connectivity index (χ0) is 28.7. The predicted octanol–water partition coefficient (Wildman–Crippen LogP) is 7.14. The number of fused-ring (bicyclic) bond motifs is 1. The fourth-order valence-electron chi connectivity index (χ4n) is 5.20. The number of ether oxygens (including phenoxy) is 2. The highest BCUT2D eigenvalue weighted by Crippen LogP contribution is 2.36. The Labute approximate surface area is 234 Å². The topological polar surface area (TPSA) is 71.9 Å². The van der Waals surface area contributed by atoms with Crippen LogP contribution < -0.4 is 9.47 Å². The lowest BCUT2D eigenvalue weighted by Crippen LogP contribution is -2.44. The molecule has 0 bridgehead atoms. The highest BCUT2D eigenvalue weighted by Gasteiger charge is 2.34. The van der Waals surface area contributed by atoms with Gasteiger partial charge in [-0.1, -0.05) is 6.07 Å². The first kappa shape index (κ1) is 29.9. The van der Waals surface area contributed by atoms with Gasteiger partial charge >= 0.3 is 12.3 Å². The second kappa shape index (κ2) is 13.5. The average Bonchev–Trinajstić information content (AvgIpc) is 2.93. The summed E-state index contributed by atoms with van der Waals surface area (Å²) in [7, 11) is 1.55. The number of aliphatic carboxylic acids is 1. The van der Waals surface area contributed by atoms with Gasteiger partial charge in [-0.3, -0.25) is 9.78 Å². The van der Waals surface area contributed by atoms with Crippen LogP contribution in [0.4, 0.5) is 17.6 Å². The van der Waals surface area contributed by atoms with Gasteiger partial charge in [-0.2, -0.15) is 0 Å². The number of benzene rings is 2. The van der Waals surface area contributed by atoms with Crippen LogP contribution in [0.1, 0.15) is 37.4 Å². The van der Waals surface area contributed by atoms with Gasteiger partial charge in [0.2, 0.25) is 0 Å². The van der Waals surface area contributed by atoms with Crippen LogP contribution in [0.2, 0.25) is 0 Å². The first-order valence-electron chi connectivity index (χ1n) is 13.1. The molecule has 4 rings (SSSR count). The van der Waals surface area contributed by atoms with Gasteiger partial charge in [-0.15, -0.1) is 24.9 Å². The van der Waals surface area contributed by atoms with Gasteiger partial charge in [0, 0.05) is 23.0 Å². The van der Waals surface area contributed by atoms with Gasteiger partial charge in [0.1, 0.15) is 17.7 Å². The number of rotatable bonds is 12. The Balaban J connectivity index is 1.26. The van der Waals surface area contributed by atoms with Gasteiger partial charge in [0.15, 0.2) is 0 Å². The summed E-state index contributed by atoms with van der Waals surface area (Å²) in [5.74, 6) is -0.549. The van der Waals surface area contributed by atoms with Gasteiger partial charge in [-0.05, 0) is 98.5 Å². The van der Waals surface area contributed by atoms with Crippen molar-refractivity contribution >= 4 is 28.6 Å². The molecule has 40 heavy (non-hydrogen) atoms. The van der Waals surface area contributed by atoms with E-state index in [2.05, 4.69) is 14.6 Å². The van der Waals surface area contributed by atoms with Crippen LogP contribution in [0.5, 0.6) is 11.5 Å². The van der Waals surface area contributed by atoms with E-state index < -0.39 is 24.4 Å². The molecule has 1 saturated heterocycles. The highest BCUT2D eigenvalue weighted by molar-refractivity contribution is 7.99. The van der Waals surface area contributed by atoms with Gasteiger partial charge in [0.05, 0.1) is 18.5 Å². The third-order valence-electron chi connectivity index (χ3n) is 7.19. The number of carbonyl (C=O) groups is 1. The Morgan fingerprint density at radius 2 is 2.02 bits per heavy atom. The van der Waals surface area contributed by atoms with Crippen molar-refractivity contribution in [1.82, 2.24) is 9.88 Å². The minimum Gasteiger partial charge on any atom is -0.497 e. The predicted molar refractivity (Wildman–Crippen MR) is 146 cm³/mol. The van der Waals surface area contributed by atoms with E-state index >= 15 is 4.39 Å². The lowest BCUT2D eigenvalue weighted by molar-refractivity contribution is -0.274. The number of likely N-dealkylation sites (tertiary alicyclic amines) is 1. The molecule has 3 atom stereocenters. The molecule has 1 aliphatic heterocycles. The molecule has 2 aromatic carbocycles. The quantitative estimate of drug-likeness (QED) is 0.139. The van der Waals surface area contributed by atoms with Crippen molar-refractivity contribution in [1.29, 1.82) is 0 Å². The number of carboxylic acids is 1. The zero-order valence-electron chi connectivity index (χ0n) is 22.1. The van der Waals surface area contributed by atoms with E-state index in [-0.39, 0.29) is 18.1 Å². The number of nitrogens with zero attached hydrogens (tertiary/aromatic N) is 2. The molecule has 1 N–H and O–H groups in total. The summed E-state index contributed by atoms with van der Waals surface area (Å²) in [5.41, 5.74) is 1.21. The lowest BCUT2D eigenvalue weighted by Gasteiger charge is -2.36. The summed E-state index contributed by atoms with van der Waals surface area (Å²) < 4.78 is 62.0. The van der Waals surface area contributed by atoms with E-state index in [1.807, 2.05) is 0 Å². The van der Waals surface area contributed by atoms with Crippen LogP contribution in [0.3, 0.4) is 0 Å². The third-order valence-corrected chi connectivity index (χ3v) is 8.27. The fourth-order valence-corrected chi connectivity index (χ4v) is 6.08. The van der Waals surface area contributed by atoms with Crippen molar-refractivity contribution in [3.05, 3.63) is 60.3 Å². The molecule has 1 unspecified atom stereocenters. The molecule has 1 aromatic heterocycles. The Morgan fingerprint density at radius 3 is 2.77 bits per heavy atom. The first-order valence-corrected chi connectivity index (χ1v) is 14.1. The van der Waals surface area contributed by atoms with Crippen LogP contribution in [-0.4, -0.2) is 59.8 Å². The number of alkyl halides is 4. The molecule has 6 nitrogen and oxygen atoms in total. The van der Waals surface area contributed by atoms with Crippen LogP contribution >= 0.6 is 11.8 Å². The summed E-state index contributed by atoms with van der Waals surface area (Å²) in [6.45, 7) is 1.80. The van der Waals surface area contributed by atoms with E-state index in [1.54, 1.807) is 43.6 Å². The first-order chi connectivity index (χ1) is 19.1. The van der Waals surface area contributed by atoms with Crippen LogP contribution in [-0.2, 0) is 4.79 Å². The smallest absolute Gasteiger partial charge is 0.497 e. The maximum atomic E-state index is 15.4. The number of hydrogen-bond acceptors (Lipinski definition) is 6. The highest BCUT2D eigenvalue weighted by atomic mass is 32.2. The summed E-state index contributed by atoms with van der Waals surface area (Å²) in [6.07, 6.45) is -2.30. The van der Waals surface area contributed by atoms with Crippen LogP contribution in [0.15, 0.2) is 59.6 Å². The summed E-state index contributed by atoms with van der Waals surface area (Å²) in [4.78, 5) is 19.2. The Bertz CT molecular complexity index is 1290. The van der Waals surface area contributed by atoms with Crippen molar-refractivity contribution in [2.45, 2.75) is 43.1 Å². The van der Waals surface area contributed by atoms with Crippen molar-refractivity contribution in [3.8, 4) is 11.5 Å². The Hall–Kier alpha value is -3.05. The number of methoxy groups -OCH3 is 1. The van der Waals surface area contributed by atoms with E-state index in [1.165, 1.54) is 30.0 Å². The number of halogens is 4. The second-order valence-corrected chi connectivity index (χ2v) is 11.0. The molecule has 0 aliphatic carbocycles. The number of aromatic nitrogens is 1. The van der Waals surface area contributed by atoms with Crippen molar-refractivity contribution in [2.24, 2.45) is 11.8 Å². The minimum absolute atomic E-state index is 0.125. The van der Waals surface area contributed by atoms with E-state index in [4.69, 9.17) is 4.74 Å². The fraction of sp³-hybridized carbons (Fsp3) is 0.448. The number of pyridine rings is 1. The molecule has 0 radical (unpaired) electrons. The lowest BCUT2D eigenvalue weighted by atomic mass is 9.81. The summed E-state index contributed by atoms with van der Waals surface area (Å²) in [6, 6.07) is 12.9. The Morgan fingerprint density at radius 1 is 1.20 bits per heavy atom. The number of piperidine rings is 1. The van der Waals surface area contributed by atoms with E-state index in [9.17, 15) is 23.1 Å². The summed E-state index contributed by atoms with van der Waals surface area (Å²) >= 11 is 1.42. The van der Waals surface area contributed by atoms with Crippen LogP contribution in [0, 0.1) is 11.8 Å². The van der Waals surface area contributed by atoms with Gasteiger partial charge in [-0.25, -0.2) is 4.39 Å². The molecular formula is C29H32F4N2O4S. The molecule has 1 fully saturated rings. The average molecular weight is 581 g/mol. The SMILES string of the molecule is COc1ccc2nccc(C(F)CC[C@@H]3CCN(CCCSc4cccc(OC(F)(F)F)c4)C[C@@H]3C(=O)O)c2c1. The van der Waals surface area contributed by atoms with Gasteiger partial charge in [0.25, 0.3) is 0 Å². The van der Waals surface area contributed by atoms with E-state index in [0.717, 1.165) is 13.0 Å². The molecule has 0 saturated carbocycles. The van der Waals surface area contributed by atoms with Crippen molar-refractivity contribution in [3.63, 3.8) is 0 Å². The number of thioether (sulfide) groups is 1. The molecule has 11 heteroatoms. The minimum atomic E-state index is -4.73. The third kappa shape index (κ3) is 8.23. The van der Waals surface area contributed by atoms with Crippen molar-refractivity contribution < 1.29 is 36.9 Å². The molecule has 2 heterocycles. The molecule has 216 valence electrons. The molecule has 3 aromatic rings. The largest absolute Gasteiger partial charge is 0.573 e.